The molecule has 7 nitrogen and oxygen atoms in total. The number of hydrogen-bond acceptors (Lipinski definition) is 5. The highest BCUT2D eigenvalue weighted by Gasteiger charge is 2.17. The van der Waals surface area contributed by atoms with Crippen molar-refractivity contribution in [1.29, 1.82) is 0 Å². The number of carbonyl (C=O) groups excluding carboxylic acids is 2. The number of unbranched alkanes of at least 4 members (excludes halogenated alkanes) is 3. The first-order valence-electron chi connectivity index (χ1n) is 9.00. The predicted octanol–water partition coefficient (Wildman–Crippen LogP) is 2.04. The molecule has 1 aromatic heterocycles. The van der Waals surface area contributed by atoms with E-state index in [1.54, 1.807) is 12.0 Å². The Bertz CT molecular complexity index is 496. The van der Waals surface area contributed by atoms with E-state index < -0.39 is 0 Å². The van der Waals surface area contributed by atoms with Gasteiger partial charge < -0.3 is 15.0 Å². The molecule has 2 amide bonds. The maximum Gasteiger partial charge on any atom is 0.274 e. The molecular formula is C18H30N4O3. The molecule has 0 saturated carbocycles. The van der Waals surface area contributed by atoms with Crippen molar-refractivity contribution >= 4 is 11.8 Å². The minimum Gasteiger partial charge on any atom is -0.385 e. The molecule has 140 valence electrons. The number of amides is 2. The highest BCUT2D eigenvalue weighted by molar-refractivity contribution is 5.92. The van der Waals surface area contributed by atoms with Crippen LogP contribution in [0.1, 0.15) is 55.9 Å². The van der Waals surface area contributed by atoms with Crippen LogP contribution in [-0.2, 0) is 9.53 Å². The zero-order chi connectivity index (χ0) is 18.3. The second kappa shape index (κ2) is 13.3. The maximum absolute atomic E-state index is 12.5. The average Bonchev–Trinajstić information content (AvgIpc) is 2.64. The fraction of sp³-hybridized carbons (Fsp3) is 0.667. The molecule has 0 atom stereocenters. The molecule has 0 spiro atoms. The molecule has 0 aliphatic heterocycles. The van der Waals surface area contributed by atoms with Crippen molar-refractivity contribution in [3.63, 3.8) is 0 Å². The summed E-state index contributed by atoms with van der Waals surface area (Å²) in [7, 11) is 1.63. The standard InChI is InChI=1S/C18H30N4O3/c1-3-4-5-6-9-21-17(23)8-13-22(12-7-14-25-2)18(24)16-15-19-10-11-20-16/h10-11,15H,3-9,12-14H2,1-2H3,(H,21,23). The summed E-state index contributed by atoms with van der Waals surface area (Å²) in [6.07, 6.45) is 9.94. The number of ether oxygens (including phenoxy) is 1. The van der Waals surface area contributed by atoms with Crippen LogP contribution in [0.25, 0.3) is 0 Å². The van der Waals surface area contributed by atoms with Crippen LogP contribution in [0.5, 0.6) is 0 Å². The van der Waals surface area contributed by atoms with Crippen molar-refractivity contribution in [3.8, 4) is 0 Å². The summed E-state index contributed by atoms with van der Waals surface area (Å²) < 4.78 is 5.04. The van der Waals surface area contributed by atoms with Crippen LogP contribution in [0, 0.1) is 0 Å². The summed E-state index contributed by atoms with van der Waals surface area (Å²) in [6, 6.07) is 0. The summed E-state index contributed by atoms with van der Waals surface area (Å²) in [5.74, 6) is -0.236. The molecule has 25 heavy (non-hydrogen) atoms. The Morgan fingerprint density at radius 1 is 1.16 bits per heavy atom. The minimum absolute atomic E-state index is 0.0276. The van der Waals surface area contributed by atoms with E-state index in [1.165, 1.54) is 31.4 Å². The normalized spacial score (nSPS) is 10.5. The van der Waals surface area contributed by atoms with E-state index >= 15 is 0 Å². The predicted molar refractivity (Wildman–Crippen MR) is 96.2 cm³/mol. The Morgan fingerprint density at radius 2 is 2.00 bits per heavy atom. The molecule has 0 unspecified atom stereocenters. The zero-order valence-corrected chi connectivity index (χ0v) is 15.4. The average molecular weight is 350 g/mol. The Hall–Kier alpha value is -2.02. The smallest absolute Gasteiger partial charge is 0.274 e. The number of nitrogens with zero attached hydrogens (tertiary/aromatic N) is 3. The van der Waals surface area contributed by atoms with Gasteiger partial charge in [-0.15, -0.1) is 0 Å². The van der Waals surface area contributed by atoms with Crippen LogP contribution >= 0.6 is 0 Å². The third-order valence-electron chi connectivity index (χ3n) is 3.81. The first-order valence-corrected chi connectivity index (χ1v) is 9.00. The molecule has 0 bridgehead atoms. The first-order chi connectivity index (χ1) is 12.2. The Morgan fingerprint density at radius 3 is 2.68 bits per heavy atom. The molecule has 7 heteroatoms. The Labute approximate surface area is 150 Å². The summed E-state index contributed by atoms with van der Waals surface area (Å²) in [5, 5.41) is 2.91. The molecule has 0 radical (unpaired) electrons. The zero-order valence-electron chi connectivity index (χ0n) is 15.4. The second-order valence-electron chi connectivity index (χ2n) is 5.89. The summed E-state index contributed by atoms with van der Waals surface area (Å²) in [4.78, 5) is 34.1. The monoisotopic (exact) mass is 350 g/mol. The van der Waals surface area contributed by atoms with Crippen LogP contribution in [0.4, 0.5) is 0 Å². The number of hydrogen-bond donors (Lipinski definition) is 1. The molecule has 0 aliphatic carbocycles. The summed E-state index contributed by atoms with van der Waals surface area (Å²) in [6.45, 7) is 4.30. The molecule has 1 heterocycles. The van der Waals surface area contributed by atoms with E-state index in [1.807, 2.05) is 0 Å². The van der Waals surface area contributed by atoms with Gasteiger partial charge in [0.1, 0.15) is 5.69 Å². The number of methoxy groups -OCH3 is 1. The first kappa shape index (κ1) is 21.0. The highest BCUT2D eigenvalue weighted by Crippen LogP contribution is 2.04. The number of rotatable bonds is 13. The highest BCUT2D eigenvalue weighted by atomic mass is 16.5. The van der Waals surface area contributed by atoms with Crippen LogP contribution in [0.15, 0.2) is 18.6 Å². The lowest BCUT2D eigenvalue weighted by Gasteiger charge is -2.22. The number of nitrogens with one attached hydrogen (secondary N) is 1. The van der Waals surface area contributed by atoms with Crippen molar-refractivity contribution in [2.75, 3.05) is 33.4 Å². The molecule has 1 N–H and O–H groups in total. The SMILES string of the molecule is CCCCCCNC(=O)CCN(CCCOC)C(=O)c1cnccn1. The molecule has 0 aliphatic rings. The van der Waals surface area contributed by atoms with Gasteiger partial charge in [-0.05, 0) is 12.8 Å². The van der Waals surface area contributed by atoms with Crippen LogP contribution in [0.3, 0.4) is 0 Å². The largest absolute Gasteiger partial charge is 0.385 e. The van der Waals surface area contributed by atoms with Crippen molar-refractivity contribution in [2.45, 2.75) is 45.4 Å². The lowest BCUT2D eigenvalue weighted by atomic mass is 10.2. The summed E-state index contributed by atoms with van der Waals surface area (Å²) >= 11 is 0. The molecule has 0 saturated heterocycles. The number of carbonyl (C=O) groups is 2. The number of aromatic nitrogens is 2. The van der Waals surface area contributed by atoms with Gasteiger partial charge in [0.15, 0.2) is 0 Å². The Balaban J connectivity index is 2.45. The van der Waals surface area contributed by atoms with Gasteiger partial charge in [-0.1, -0.05) is 26.2 Å². The molecule has 0 fully saturated rings. The fourth-order valence-electron chi connectivity index (χ4n) is 2.39. The van der Waals surface area contributed by atoms with Crippen LogP contribution in [0.2, 0.25) is 0 Å². The molecule has 1 aromatic rings. The topological polar surface area (TPSA) is 84.4 Å². The van der Waals surface area contributed by atoms with Crippen LogP contribution in [-0.4, -0.2) is 60.0 Å². The Kier molecular flexibility index (Phi) is 11.2. The van der Waals surface area contributed by atoms with E-state index in [2.05, 4.69) is 22.2 Å². The van der Waals surface area contributed by atoms with E-state index in [0.29, 0.717) is 38.4 Å². The van der Waals surface area contributed by atoms with Gasteiger partial charge in [-0.25, -0.2) is 4.98 Å². The van der Waals surface area contributed by atoms with Crippen molar-refractivity contribution in [2.24, 2.45) is 0 Å². The van der Waals surface area contributed by atoms with Gasteiger partial charge in [-0.2, -0.15) is 0 Å². The quantitative estimate of drug-likeness (QED) is 0.550. The fourth-order valence-corrected chi connectivity index (χ4v) is 2.39. The van der Waals surface area contributed by atoms with Crippen LogP contribution < -0.4 is 5.32 Å². The van der Waals surface area contributed by atoms with Gasteiger partial charge in [0.05, 0.1) is 6.20 Å². The minimum atomic E-state index is -0.208. The van der Waals surface area contributed by atoms with Gasteiger partial charge in [0.2, 0.25) is 5.91 Å². The van der Waals surface area contributed by atoms with Gasteiger partial charge in [-0.3, -0.25) is 14.6 Å². The van der Waals surface area contributed by atoms with E-state index in [-0.39, 0.29) is 18.2 Å². The molecule has 0 aromatic carbocycles. The maximum atomic E-state index is 12.5. The van der Waals surface area contributed by atoms with E-state index in [4.69, 9.17) is 4.74 Å². The third-order valence-corrected chi connectivity index (χ3v) is 3.81. The van der Waals surface area contributed by atoms with Crippen molar-refractivity contribution in [1.82, 2.24) is 20.2 Å². The third kappa shape index (κ3) is 9.14. The molecule has 1 rings (SSSR count). The second-order valence-corrected chi connectivity index (χ2v) is 5.89. The van der Waals surface area contributed by atoms with Gasteiger partial charge in [0, 0.05) is 52.2 Å². The van der Waals surface area contributed by atoms with Gasteiger partial charge in [0.25, 0.3) is 5.91 Å². The van der Waals surface area contributed by atoms with Crippen molar-refractivity contribution < 1.29 is 14.3 Å². The lowest BCUT2D eigenvalue weighted by molar-refractivity contribution is -0.121. The lowest BCUT2D eigenvalue weighted by Crippen LogP contribution is -2.37. The molecular weight excluding hydrogens is 320 g/mol. The van der Waals surface area contributed by atoms with Gasteiger partial charge >= 0.3 is 0 Å². The summed E-state index contributed by atoms with van der Waals surface area (Å²) in [5.41, 5.74) is 0.292. The van der Waals surface area contributed by atoms with E-state index in [0.717, 1.165) is 12.8 Å². The van der Waals surface area contributed by atoms with Crippen molar-refractivity contribution in [3.05, 3.63) is 24.3 Å². The van der Waals surface area contributed by atoms with E-state index in [9.17, 15) is 9.59 Å².